The summed E-state index contributed by atoms with van der Waals surface area (Å²) in [6.07, 6.45) is 3.17. The first-order valence-electron chi connectivity index (χ1n) is 7.72. The summed E-state index contributed by atoms with van der Waals surface area (Å²) in [6.45, 7) is 2.89. The van der Waals surface area contributed by atoms with E-state index in [4.69, 9.17) is 0 Å². The van der Waals surface area contributed by atoms with E-state index in [1.54, 1.807) is 0 Å². The zero-order valence-corrected chi connectivity index (χ0v) is 12.4. The van der Waals surface area contributed by atoms with Gasteiger partial charge in [0, 0.05) is 31.0 Å². The van der Waals surface area contributed by atoms with Gasteiger partial charge in [-0.1, -0.05) is 24.3 Å². The van der Waals surface area contributed by atoms with Crippen LogP contribution in [-0.2, 0) is 6.54 Å². The van der Waals surface area contributed by atoms with Gasteiger partial charge in [0.1, 0.15) is 0 Å². The first kappa shape index (κ1) is 13.3. The Bertz CT molecular complexity index is 752. The molecule has 1 unspecified atom stereocenters. The molecule has 5 nitrogen and oxygen atoms in total. The number of aromatic nitrogens is 3. The molecule has 112 valence electrons. The summed E-state index contributed by atoms with van der Waals surface area (Å²) in [5.41, 5.74) is 2.20. The number of para-hydroxylation sites is 1. The van der Waals surface area contributed by atoms with Crippen LogP contribution in [0.3, 0.4) is 0 Å². The van der Waals surface area contributed by atoms with Gasteiger partial charge >= 0.3 is 0 Å². The van der Waals surface area contributed by atoms with Crippen molar-refractivity contribution >= 4 is 11.3 Å². The molecule has 0 saturated carbocycles. The van der Waals surface area contributed by atoms with Gasteiger partial charge in [0.15, 0.2) is 11.5 Å². The molecular formula is C17H19N5. The summed E-state index contributed by atoms with van der Waals surface area (Å²) in [5, 5.41) is 12.1. The molecule has 22 heavy (non-hydrogen) atoms. The summed E-state index contributed by atoms with van der Waals surface area (Å²) in [7, 11) is 0. The van der Waals surface area contributed by atoms with Crippen LogP contribution < -0.4 is 10.2 Å². The number of anilines is 1. The molecule has 1 saturated heterocycles. The minimum Gasteiger partial charge on any atom is -0.370 e. The van der Waals surface area contributed by atoms with Crippen LogP contribution in [0.25, 0.3) is 5.65 Å². The highest BCUT2D eigenvalue weighted by Gasteiger charge is 2.22. The van der Waals surface area contributed by atoms with Crippen molar-refractivity contribution in [2.45, 2.75) is 19.0 Å². The Morgan fingerprint density at radius 1 is 1.05 bits per heavy atom. The highest BCUT2D eigenvalue weighted by molar-refractivity contribution is 5.47. The zero-order chi connectivity index (χ0) is 14.8. The average Bonchev–Trinajstić information content (AvgIpc) is 3.21. The molecule has 1 atom stereocenters. The van der Waals surface area contributed by atoms with Crippen LogP contribution in [-0.4, -0.2) is 33.7 Å². The Morgan fingerprint density at radius 3 is 2.82 bits per heavy atom. The van der Waals surface area contributed by atoms with E-state index in [2.05, 4.69) is 50.7 Å². The van der Waals surface area contributed by atoms with Crippen molar-refractivity contribution < 1.29 is 0 Å². The van der Waals surface area contributed by atoms with Crippen LogP contribution in [0.1, 0.15) is 12.2 Å². The molecule has 0 aliphatic carbocycles. The van der Waals surface area contributed by atoms with E-state index in [9.17, 15) is 0 Å². The van der Waals surface area contributed by atoms with Crippen molar-refractivity contribution in [2.24, 2.45) is 0 Å². The molecule has 1 N–H and O–H groups in total. The molecule has 0 amide bonds. The van der Waals surface area contributed by atoms with E-state index in [1.165, 1.54) is 5.69 Å². The molecule has 0 bridgehead atoms. The molecule has 1 aliphatic heterocycles. The smallest absolute Gasteiger partial charge is 0.160 e. The summed E-state index contributed by atoms with van der Waals surface area (Å²) in [4.78, 5) is 2.43. The predicted molar refractivity (Wildman–Crippen MR) is 86.9 cm³/mol. The van der Waals surface area contributed by atoms with Gasteiger partial charge in [-0.3, -0.25) is 4.40 Å². The SMILES string of the molecule is c1ccc(N2CCC(NCc3nnc4ccccn34)C2)cc1. The van der Waals surface area contributed by atoms with Gasteiger partial charge in [-0.2, -0.15) is 0 Å². The largest absolute Gasteiger partial charge is 0.370 e. The Morgan fingerprint density at radius 2 is 1.91 bits per heavy atom. The Balaban J connectivity index is 1.39. The second-order valence-corrected chi connectivity index (χ2v) is 5.69. The number of nitrogens with one attached hydrogen (secondary N) is 1. The molecule has 3 aromatic rings. The van der Waals surface area contributed by atoms with Crippen molar-refractivity contribution in [3.63, 3.8) is 0 Å². The molecular weight excluding hydrogens is 274 g/mol. The van der Waals surface area contributed by atoms with Crippen molar-refractivity contribution in [1.29, 1.82) is 0 Å². The third-order valence-corrected chi connectivity index (χ3v) is 4.24. The normalized spacial score (nSPS) is 18.2. The van der Waals surface area contributed by atoms with E-state index in [0.717, 1.165) is 37.5 Å². The van der Waals surface area contributed by atoms with Gasteiger partial charge in [0.25, 0.3) is 0 Å². The van der Waals surface area contributed by atoms with Gasteiger partial charge in [-0.05, 0) is 30.7 Å². The van der Waals surface area contributed by atoms with Gasteiger partial charge < -0.3 is 10.2 Å². The van der Waals surface area contributed by atoms with Crippen LogP contribution in [0.4, 0.5) is 5.69 Å². The molecule has 0 radical (unpaired) electrons. The summed E-state index contributed by atoms with van der Waals surface area (Å²) in [5.74, 6) is 0.966. The van der Waals surface area contributed by atoms with Gasteiger partial charge in [-0.15, -0.1) is 10.2 Å². The lowest BCUT2D eigenvalue weighted by Crippen LogP contribution is -2.32. The third-order valence-electron chi connectivity index (χ3n) is 4.24. The highest BCUT2D eigenvalue weighted by atomic mass is 15.3. The molecule has 1 aromatic carbocycles. The van der Waals surface area contributed by atoms with Crippen molar-refractivity contribution in [2.75, 3.05) is 18.0 Å². The van der Waals surface area contributed by atoms with Crippen molar-refractivity contribution in [3.05, 3.63) is 60.6 Å². The van der Waals surface area contributed by atoms with Crippen molar-refractivity contribution in [3.8, 4) is 0 Å². The average molecular weight is 293 g/mol. The second-order valence-electron chi connectivity index (χ2n) is 5.69. The van der Waals surface area contributed by atoms with E-state index in [1.807, 2.05) is 28.8 Å². The monoisotopic (exact) mass is 293 g/mol. The lowest BCUT2D eigenvalue weighted by atomic mass is 10.2. The molecule has 5 heteroatoms. The first-order chi connectivity index (χ1) is 10.9. The molecule has 1 aliphatic rings. The summed E-state index contributed by atoms with van der Waals surface area (Å²) in [6, 6.07) is 17.1. The fourth-order valence-corrected chi connectivity index (χ4v) is 3.05. The zero-order valence-electron chi connectivity index (χ0n) is 12.4. The van der Waals surface area contributed by atoms with Crippen LogP contribution in [0.5, 0.6) is 0 Å². The maximum Gasteiger partial charge on any atom is 0.160 e. The Kier molecular flexibility index (Phi) is 3.48. The first-order valence-corrected chi connectivity index (χ1v) is 7.72. The van der Waals surface area contributed by atoms with E-state index < -0.39 is 0 Å². The van der Waals surface area contributed by atoms with E-state index in [-0.39, 0.29) is 0 Å². The van der Waals surface area contributed by atoms with Gasteiger partial charge in [0.2, 0.25) is 0 Å². The molecule has 2 aromatic heterocycles. The minimum absolute atomic E-state index is 0.497. The Labute approximate surface area is 129 Å². The number of hydrogen-bond donors (Lipinski definition) is 1. The molecule has 3 heterocycles. The standard InChI is InChI=1S/C17H19N5/c1-2-6-15(7-3-1)21-11-9-14(13-21)18-12-17-20-19-16-8-4-5-10-22(16)17/h1-8,10,14,18H,9,11-13H2. The summed E-state index contributed by atoms with van der Waals surface area (Å²) >= 11 is 0. The van der Waals surface area contributed by atoms with Gasteiger partial charge in [0.05, 0.1) is 6.54 Å². The van der Waals surface area contributed by atoms with Crippen molar-refractivity contribution in [1.82, 2.24) is 19.9 Å². The van der Waals surface area contributed by atoms with E-state index >= 15 is 0 Å². The fourth-order valence-electron chi connectivity index (χ4n) is 3.05. The second kappa shape index (κ2) is 5.77. The number of benzene rings is 1. The lowest BCUT2D eigenvalue weighted by molar-refractivity contribution is 0.536. The fraction of sp³-hybridized carbons (Fsp3) is 0.294. The maximum absolute atomic E-state index is 4.27. The number of pyridine rings is 1. The number of hydrogen-bond acceptors (Lipinski definition) is 4. The van der Waals surface area contributed by atoms with Crippen LogP contribution >= 0.6 is 0 Å². The number of nitrogens with zero attached hydrogens (tertiary/aromatic N) is 4. The highest BCUT2D eigenvalue weighted by Crippen LogP contribution is 2.19. The van der Waals surface area contributed by atoms with Crippen LogP contribution in [0.15, 0.2) is 54.7 Å². The van der Waals surface area contributed by atoms with Gasteiger partial charge in [-0.25, -0.2) is 0 Å². The molecule has 0 spiro atoms. The third kappa shape index (κ3) is 2.55. The summed E-state index contributed by atoms with van der Waals surface area (Å²) < 4.78 is 2.04. The predicted octanol–water partition coefficient (Wildman–Crippen LogP) is 2.10. The van der Waals surface area contributed by atoms with Crippen LogP contribution in [0, 0.1) is 0 Å². The quantitative estimate of drug-likeness (QED) is 0.800. The topological polar surface area (TPSA) is 45.5 Å². The van der Waals surface area contributed by atoms with Crippen LogP contribution in [0.2, 0.25) is 0 Å². The molecule has 1 fully saturated rings. The molecule has 4 rings (SSSR count). The number of rotatable bonds is 4. The minimum atomic E-state index is 0.497. The maximum atomic E-state index is 4.27. The lowest BCUT2D eigenvalue weighted by Gasteiger charge is -2.18. The van der Waals surface area contributed by atoms with E-state index in [0.29, 0.717) is 6.04 Å². The Hall–Kier alpha value is -2.40. The number of fused-ring (bicyclic) bond motifs is 1.